The second-order valence-corrected chi connectivity index (χ2v) is 5.50. The van der Waals surface area contributed by atoms with Gasteiger partial charge in [-0.25, -0.2) is 0 Å². The molecule has 23 heavy (non-hydrogen) atoms. The van der Waals surface area contributed by atoms with Gasteiger partial charge in [-0.2, -0.15) is 0 Å². The molecule has 4 nitrogen and oxygen atoms in total. The van der Waals surface area contributed by atoms with Gasteiger partial charge < -0.3 is 15.4 Å². The first-order valence-corrected chi connectivity index (χ1v) is 7.50. The van der Waals surface area contributed by atoms with Gasteiger partial charge in [-0.3, -0.25) is 4.79 Å². The van der Waals surface area contributed by atoms with Crippen molar-refractivity contribution in [1.29, 1.82) is 0 Å². The molecular weight excluding hydrogens is 288 g/mol. The smallest absolute Gasteiger partial charge is 0.255 e. The predicted octanol–water partition coefficient (Wildman–Crippen LogP) is 3.70. The highest BCUT2D eigenvalue weighted by atomic mass is 16.5. The fourth-order valence-corrected chi connectivity index (χ4v) is 3.10. The summed E-state index contributed by atoms with van der Waals surface area (Å²) in [5, 5.41) is 8.59. The van der Waals surface area contributed by atoms with Crippen LogP contribution in [0.3, 0.4) is 0 Å². The fraction of sp³-hybridized carbons (Fsp3) is 0.105. The van der Waals surface area contributed by atoms with Crippen LogP contribution in [0.4, 0.5) is 5.69 Å². The molecule has 1 heterocycles. The van der Waals surface area contributed by atoms with Gasteiger partial charge in [-0.1, -0.05) is 42.5 Å². The Bertz CT molecular complexity index is 905. The average Bonchev–Trinajstić information content (AvgIpc) is 2.60. The summed E-state index contributed by atoms with van der Waals surface area (Å²) in [6.45, 7) is 0. The van der Waals surface area contributed by atoms with Gasteiger partial charge in [0.05, 0.1) is 12.7 Å². The van der Waals surface area contributed by atoms with Crippen molar-refractivity contribution in [3.8, 4) is 5.75 Å². The molecule has 0 unspecified atom stereocenters. The number of para-hydroxylation sites is 1. The Hall–Kier alpha value is -3.01. The molecule has 0 radical (unpaired) electrons. The number of amides is 1. The summed E-state index contributed by atoms with van der Waals surface area (Å²) in [7, 11) is 1.65. The first-order valence-electron chi connectivity index (χ1n) is 7.50. The maximum Gasteiger partial charge on any atom is 0.255 e. The normalized spacial score (nSPS) is 16.4. The van der Waals surface area contributed by atoms with E-state index in [2.05, 4.69) is 16.7 Å². The third-order valence-electron chi connectivity index (χ3n) is 4.19. The van der Waals surface area contributed by atoms with E-state index in [9.17, 15) is 4.79 Å². The quantitative estimate of drug-likeness (QED) is 0.759. The average molecular weight is 304 g/mol. The van der Waals surface area contributed by atoms with E-state index in [0.717, 1.165) is 27.8 Å². The predicted molar refractivity (Wildman–Crippen MR) is 90.8 cm³/mol. The number of fused-ring (bicyclic) bond motifs is 2. The molecule has 0 fully saturated rings. The lowest BCUT2D eigenvalue weighted by atomic mass is 9.99. The SMILES string of the molecule is COc1ccc2ccccc2c1[C@H]1NC(=O)c2ccccc2N1. The van der Waals surface area contributed by atoms with Gasteiger partial charge in [0.15, 0.2) is 0 Å². The molecule has 1 atom stereocenters. The fourth-order valence-electron chi connectivity index (χ4n) is 3.10. The number of carbonyl (C=O) groups excluding carboxylic acids is 1. The summed E-state index contributed by atoms with van der Waals surface area (Å²) >= 11 is 0. The van der Waals surface area contributed by atoms with E-state index in [0.29, 0.717) is 5.56 Å². The monoisotopic (exact) mass is 304 g/mol. The maximum absolute atomic E-state index is 12.4. The molecule has 3 aromatic rings. The molecule has 0 saturated carbocycles. The van der Waals surface area contributed by atoms with Crippen molar-refractivity contribution in [2.24, 2.45) is 0 Å². The van der Waals surface area contributed by atoms with Crippen molar-refractivity contribution < 1.29 is 9.53 Å². The highest BCUT2D eigenvalue weighted by Crippen LogP contribution is 2.36. The molecule has 4 rings (SSSR count). The molecule has 114 valence electrons. The van der Waals surface area contributed by atoms with Gasteiger partial charge in [0.25, 0.3) is 5.91 Å². The van der Waals surface area contributed by atoms with Crippen LogP contribution in [0.5, 0.6) is 5.75 Å². The molecule has 1 aliphatic rings. The van der Waals surface area contributed by atoms with Crippen LogP contribution >= 0.6 is 0 Å². The zero-order chi connectivity index (χ0) is 15.8. The van der Waals surface area contributed by atoms with Crippen molar-refractivity contribution in [2.45, 2.75) is 6.17 Å². The Morgan fingerprint density at radius 1 is 0.913 bits per heavy atom. The third kappa shape index (κ3) is 2.19. The molecule has 0 aliphatic carbocycles. The van der Waals surface area contributed by atoms with Gasteiger partial charge >= 0.3 is 0 Å². The van der Waals surface area contributed by atoms with Gasteiger partial charge in [0, 0.05) is 11.3 Å². The van der Waals surface area contributed by atoms with Crippen LogP contribution in [0.25, 0.3) is 10.8 Å². The first kappa shape index (κ1) is 13.6. The number of methoxy groups -OCH3 is 1. The molecule has 4 heteroatoms. The van der Waals surface area contributed by atoms with Crippen LogP contribution in [0.1, 0.15) is 22.1 Å². The number of hydrogen-bond acceptors (Lipinski definition) is 3. The van der Waals surface area contributed by atoms with Crippen molar-refractivity contribution >= 4 is 22.4 Å². The molecule has 0 aromatic heterocycles. The second kappa shape index (κ2) is 5.32. The Morgan fingerprint density at radius 3 is 2.57 bits per heavy atom. The number of rotatable bonds is 2. The molecule has 0 saturated heterocycles. The van der Waals surface area contributed by atoms with Gasteiger partial charge in [-0.05, 0) is 29.0 Å². The minimum absolute atomic E-state index is 0.0839. The number of hydrogen-bond donors (Lipinski definition) is 2. The summed E-state index contributed by atoms with van der Waals surface area (Å²) in [4.78, 5) is 12.4. The standard InChI is InChI=1S/C19H16N2O2/c1-23-16-11-10-12-6-2-3-7-13(12)17(16)18-20-15-9-5-4-8-14(15)19(22)21-18/h2-11,18,20H,1H3,(H,21,22)/t18-/m1/s1. The molecule has 0 bridgehead atoms. The lowest BCUT2D eigenvalue weighted by Crippen LogP contribution is -2.38. The van der Waals surface area contributed by atoms with Crippen LogP contribution in [0.15, 0.2) is 60.7 Å². The van der Waals surface area contributed by atoms with E-state index in [-0.39, 0.29) is 12.1 Å². The van der Waals surface area contributed by atoms with Crippen molar-refractivity contribution in [3.63, 3.8) is 0 Å². The van der Waals surface area contributed by atoms with E-state index >= 15 is 0 Å². The van der Waals surface area contributed by atoms with Gasteiger partial charge in [0.2, 0.25) is 0 Å². The number of carbonyl (C=O) groups is 1. The van der Waals surface area contributed by atoms with Crippen LogP contribution in [0, 0.1) is 0 Å². The molecule has 1 aliphatic heterocycles. The molecule has 1 amide bonds. The van der Waals surface area contributed by atoms with Crippen molar-refractivity contribution in [3.05, 3.63) is 71.8 Å². The number of benzene rings is 3. The minimum Gasteiger partial charge on any atom is -0.496 e. The number of nitrogens with one attached hydrogen (secondary N) is 2. The van der Waals surface area contributed by atoms with E-state index in [1.54, 1.807) is 7.11 Å². The van der Waals surface area contributed by atoms with E-state index in [1.807, 2.05) is 54.6 Å². The Labute approximate surface area is 134 Å². The molecular formula is C19H16N2O2. The largest absolute Gasteiger partial charge is 0.496 e. The molecule has 0 spiro atoms. The van der Waals surface area contributed by atoms with Gasteiger partial charge in [-0.15, -0.1) is 0 Å². The zero-order valence-electron chi connectivity index (χ0n) is 12.7. The van der Waals surface area contributed by atoms with Crippen molar-refractivity contribution in [2.75, 3.05) is 12.4 Å². The maximum atomic E-state index is 12.4. The summed E-state index contributed by atoms with van der Waals surface area (Å²) in [6.07, 6.45) is -0.335. The molecule has 2 N–H and O–H groups in total. The van der Waals surface area contributed by atoms with Crippen LogP contribution in [-0.4, -0.2) is 13.0 Å². The highest BCUT2D eigenvalue weighted by molar-refractivity contribution is 6.02. The number of ether oxygens (including phenoxy) is 1. The lowest BCUT2D eigenvalue weighted by Gasteiger charge is -2.30. The Morgan fingerprint density at radius 2 is 1.70 bits per heavy atom. The summed E-state index contributed by atoms with van der Waals surface area (Å²) in [5.41, 5.74) is 2.42. The van der Waals surface area contributed by atoms with E-state index in [1.165, 1.54) is 0 Å². The third-order valence-corrected chi connectivity index (χ3v) is 4.19. The highest BCUT2D eigenvalue weighted by Gasteiger charge is 2.27. The second-order valence-electron chi connectivity index (χ2n) is 5.50. The summed E-state index contributed by atoms with van der Waals surface area (Å²) in [5.74, 6) is 0.667. The lowest BCUT2D eigenvalue weighted by molar-refractivity contribution is 0.0935. The summed E-state index contributed by atoms with van der Waals surface area (Å²) < 4.78 is 5.54. The van der Waals surface area contributed by atoms with E-state index in [4.69, 9.17) is 4.74 Å². The van der Waals surface area contributed by atoms with Gasteiger partial charge in [0.1, 0.15) is 11.9 Å². The topological polar surface area (TPSA) is 50.4 Å². The Kier molecular flexibility index (Phi) is 3.15. The van der Waals surface area contributed by atoms with Crippen LogP contribution < -0.4 is 15.4 Å². The Balaban J connectivity index is 1.88. The minimum atomic E-state index is -0.335. The van der Waals surface area contributed by atoms with E-state index < -0.39 is 0 Å². The van der Waals surface area contributed by atoms with Crippen molar-refractivity contribution in [1.82, 2.24) is 5.32 Å². The molecule has 3 aromatic carbocycles. The summed E-state index contributed by atoms with van der Waals surface area (Å²) in [6, 6.07) is 19.6. The van der Waals surface area contributed by atoms with Crippen LogP contribution in [0.2, 0.25) is 0 Å². The zero-order valence-corrected chi connectivity index (χ0v) is 12.7. The first-order chi connectivity index (χ1) is 11.3. The number of anilines is 1. The van der Waals surface area contributed by atoms with Crippen LogP contribution in [-0.2, 0) is 0 Å².